The number of anilines is 1. The van der Waals surface area contributed by atoms with Crippen molar-refractivity contribution in [2.75, 3.05) is 18.5 Å². The Kier molecular flexibility index (Phi) is 5.49. The Bertz CT molecular complexity index is 318. The summed E-state index contributed by atoms with van der Waals surface area (Å²) in [5.41, 5.74) is 8.81. The topological polar surface area (TPSA) is 29.3 Å². The van der Waals surface area contributed by atoms with Crippen molar-refractivity contribution in [2.45, 2.75) is 39.7 Å². The van der Waals surface area contributed by atoms with Crippen molar-refractivity contribution in [1.82, 2.24) is 0 Å². The standard InChI is InChI=1S/C15H26N2/c1-5-12(3)15(16)11-17(4)14-9-7-13(6-2)8-10-14/h7-10,12,15H,5-6,11,16H2,1-4H3. The molecule has 2 N–H and O–H groups in total. The van der Waals surface area contributed by atoms with Crippen molar-refractivity contribution in [3.63, 3.8) is 0 Å². The largest absolute Gasteiger partial charge is 0.373 e. The van der Waals surface area contributed by atoms with Gasteiger partial charge in [0.2, 0.25) is 0 Å². The molecule has 0 spiro atoms. The summed E-state index contributed by atoms with van der Waals surface area (Å²) in [6.07, 6.45) is 2.24. The van der Waals surface area contributed by atoms with Crippen LogP contribution in [0.25, 0.3) is 0 Å². The van der Waals surface area contributed by atoms with Gasteiger partial charge in [0.05, 0.1) is 0 Å². The molecule has 17 heavy (non-hydrogen) atoms. The summed E-state index contributed by atoms with van der Waals surface area (Å²) in [6.45, 7) is 7.51. The van der Waals surface area contributed by atoms with Crippen LogP contribution in [-0.4, -0.2) is 19.6 Å². The number of nitrogens with two attached hydrogens (primary N) is 1. The van der Waals surface area contributed by atoms with Crippen LogP contribution in [0.2, 0.25) is 0 Å². The van der Waals surface area contributed by atoms with Crippen molar-refractivity contribution < 1.29 is 0 Å². The van der Waals surface area contributed by atoms with E-state index in [4.69, 9.17) is 5.73 Å². The lowest BCUT2D eigenvalue weighted by Crippen LogP contribution is -2.39. The minimum absolute atomic E-state index is 0.246. The summed E-state index contributed by atoms with van der Waals surface area (Å²) >= 11 is 0. The van der Waals surface area contributed by atoms with Crippen molar-refractivity contribution in [2.24, 2.45) is 11.7 Å². The van der Waals surface area contributed by atoms with E-state index in [9.17, 15) is 0 Å². The molecule has 1 rings (SSSR count). The van der Waals surface area contributed by atoms with Gasteiger partial charge in [-0.25, -0.2) is 0 Å². The Morgan fingerprint density at radius 1 is 1.18 bits per heavy atom. The molecule has 0 saturated heterocycles. The lowest BCUT2D eigenvalue weighted by molar-refractivity contribution is 0.444. The summed E-state index contributed by atoms with van der Waals surface area (Å²) in [5, 5.41) is 0. The van der Waals surface area contributed by atoms with Gasteiger partial charge in [0, 0.05) is 25.3 Å². The molecule has 0 bridgehead atoms. The van der Waals surface area contributed by atoms with Crippen molar-refractivity contribution in [3.05, 3.63) is 29.8 Å². The zero-order valence-electron chi connectivity index (χ0n) is 11.6. The van der Waals surface area contributed by atoms with E-state index in [-0.39, 0.29) is 6.04 Å². The van der Waals surface area contributed by atoms with E-state index in [0.29, 0.717) is 5.92 Å². The molecule has 2 unspecified atom stereocenters. The first-order valence-corrected chi connectivity index (χ1v) is 6.64. The average Bonchev–Trinajstić information content (AvgIpc) is 2.37. The third-order valence-corrected chi connectivity index (χ3v) is 3.64. The van der Waals surface area contributed by atoms with Crippen LogP contribution in [0.15, 0.2) is 24.3 Å². The first-order valence-electron chi connectivity index (χ1n) is 6.64. The fraction of sp³-hybridized carbons (Fsp3) is 0.600. The Labute approximate surface area is 106 Å². The number of rotatable bonds is 6. The predicted octanol–water partition coefficient (Wildman–Crippen LogP) is 3.06. The Morgan fingerprint density at radius 2 is 1.76 bits per heavy atom. The third kappa shape index (κ3) is 4.04. The molecule has 0 fully saturated rings. The van der Waals surface area contributed by atoms with Crippen LogP contribution < -0.4 is 10.6 Å². The Morgan fingerprint density at radius 3 is 2.24 bits per heavy atom. The first-order chi connectivity index (χ1) is 8.08. The molecule has 96 valence electrons. The van der Waals surface area contributed by atoms with Crippen molar-refractivity contribution in [3.8, 4) is 0 Å². The second-order valence-electron chi connectivity index (χ2n) is 4.95. The summed E-state index contributed by atoms with van der Waals surface area (Å²) in [7, 11) is 2.11. The van der Waals surface area contributed by atoms with Crippen LogP contribution in [0.5, 0.6) is 0 Å². The molecule has 0 aliphatic rings. The zero-order valence-corrected chi connectivity index (χ0v) is 11.6. The van der Waals surface area contributed by atoms with Crippen LogP contribution in [-0.2, 0) is 6.42 Å². The Balaban J connectivity index is 2.59. The number of aryl methyl sites for hydroxylation is 1. The van der Waals surface area contributed by atoms with Crippen LogP contribution in [0.3, 0.4) is 0 Å². The molecule has 0 heterocycles. The molecule has 1 aromatic rings. The van der Waals surface area contributed by atoms with E-state index in [0.717, 1.165) is 19.4 Å². The number of hydrogen-bond acceptors (Lipinski definition) is 2. The molecule has 0 aliphatic heterocycles. The van der Waals surface area contributed by atoms with Crippen LogP contribution in [0.4, 0.5) is 5.69 Å². The maximum absolute atomic E-state index is 6.18. The van der Waals surface area contributed by atoms with Gasteiger partial charge in [-0.3, -0.25) is 0 Å². The third-order valence-electron chi connectivity index (χ3n) is 3.64. The van der Waals surface area contributed by atoms with Gasteiger partial charge < -0.3 is 10.6 Å². The van der Waals surface area contributed by atoms with Gasteiger partial charge in [0.25, 0.3) is 0 Å². The first kappa shape index (κ1) is 14.0. The number of hydrogen-bond donors (Lipinski definition) is 1. The molecule has 0 aliphatic carbocycles. The van der Waals surface area contributed by atoms with Gasteiger partial charge in [-0.1, -0.05) is 39.3 Å². The average molecular weight is 234 g/mol. The molecular formula is C15H26N2. The van der Waals surface area contributed by atoms with Gasteiger partial charge in [-0.2, -0.15) is 0 Å². The van der Waals surface area contributed by atoms with Gasteiger partial charge in [-0.05, 0) is 30.0 Å². The second-order valence-corrected chi connectivity index (χ2v) is 4.95. The minimum Gasteiger partial charge on any atom is -0.373 e. The SMILES string of the molecule is CCc1ccc(N(C)CC(N)C(C)CC)cc1. The smallest absolute Gasteiger partial charge is 0.0364 e. The molecular weight excluding hydrogens is 208 g/mol. The van der Waals surface area contributed by atoms with Crippen LogP contribution in [0, 0.1) is 5.92 Å². The normalized spacial score (nSPS) is 14.4. The molecule has 1 aromatic carbocycles. The predicted molar refractivity (Wildman–Crippen MR) is 76.5 cm³/mol. The molecule has 0 aromatic heterocycles. The highest BCUT2D eigenvalue weighted by Gasteiger charge is 2.13. The molecule has 0 amide bonds. The lowest BCUT2D eigenvalue weighted by atomic mass is 9.99. The summed E-state index contributed by atoms with van der Waals surface area (Å²) < 4.78 is 0. The van der Waals surface area contributed by atoms with Crippen LogP contribution >= 0.6 is 0 Å². The summed E-state index contributed by atoms with van der Waals surface area (Å²) in [5.74, 6) is 0.576. The van der Waals surface area contributed by atoms with Crippen molar-refractivity contribution in [1.29, 1.82) is 0 Å². The zero-order chi connectivity index (χ0) is 12.8. The van der Waals surface area contributed by atoms with Gasteiger partial charge in [0.15, 0.2) is 0 Å². The minimum atomic E-state index is 0.246. The van der Waals surface area contributed by atoms with Gasteiger partial charge in [-0.15, -0.1) is 0 Å². The maximum atomic E-state index is 6.18. The molecule has 0 radical (unpaired) electrons. The summed E-state index contributed by atoms with van der Waals surface area (Å²) in [6, 6.07) is 9.00. The van der Waals surface area contributed by atoms with E-state index in [2.05, 4.69) is 57.0 Å². The monoisotopic (exact) mass is 234 g/mol. The lowest BCUT2D eigenvalue weighted by Gasteiger charge is -2.26. The Hall–Kier alpha value is -1.02. The summed E-state index contributed by atoms with van der Waals surface area (Å²) in [4.78, 5) is 2.25. The number of likely N-dealkylation sites (N-methyl/N-ethyl adjacent to an activating group) is 1. The van der Waals surface area contributed by atoms with E-state index < -0.39 is 0 Å². The van der Waals surface area contributed by atoms with Gasteiger partial charge >= 0.3 is 0 Å². The molecule has 0 saturated carbocycles. The number of nitrogens with zero attached hydrogens (tertiary/aromatic N) is 1. The van der Waals surface area contributed by atoms with E-state index in [1.807, 2.05) is 0 Å². The second kappa shape index (κ2) is 6.65. The van der Waals surface area contributed by atoms with E-state index >= 15 is 0 Å². The highest BCUT2D eigenvalue weighted by molar-refractivity contribution is 5.47. The fourth-order valence-corrected chi connectivity index (χ4v) is 1.89. The fourth-order valence-electron chi connectivity index (χ4n) is 1.89. The van der Waals surface area contributed by atoms with Crippen molar-refractivity contribution >= 4 is 5.69 Å². The van der Waals surface area contributed by atoms with Crippen LogP contribution in [0.1, 0.15) is 32.8 Å². The van der Waals surface area contributed by atoms with E-state index in [1.54, 1.807) is 0 Å². The maximum Gasteiger partial charge on any atom is 0.0364 e. The molecule has 2 heteroatoms. The molecule has 2 nitrogen and oxygen atoms in total. The number of benzene rings is 1. The van der Waals surface area contributed by atoms with E-state index in [1.165, 1.54) is 11.3 Å². The quantitative estimate of drug-likeness (QED) is 0.819. The highest BCUT2D eigenvalue weighted by atomic mass is 15.1. The highest BCUT2D eigenvalue weighted by Crippen LogP contribution is 2.16. The molecule has 2 atom stereocenters. The van der Waals surface area contributed by atoms with Gasteiger partial charge in [0.1, 0.15) is 0 Å².